The Morgan fingerprint density at radius 3 is 2.85 bits per heavy atom. The Morgan fingerprint density at radius 2 is 2.38 bits per heavy atom. The molecule has 0 aliphatic carbocycles. The second kappa shape index (κ2) is 4.37. The van der Waals surface area contributed by atoms with Gasteiger partial charge >= 0.3 is 0 Å². The van der Waals surface area contributed by atoms with Crippen LogP contribution in [0.3, 0.4) is 0 Å². The van der Waals surface area contributed by atoms with Crippen molar-refractivity contribution in [3.05, 3.63) is 11.1 Å². The molecule has 1 N–H and O–H groups in total. The summed E-state index contributed by atoms with van der Waals surface area (Å²) in [5.74, 6) is 0.436. The van der Waals surface area contributed by atoms with Gasteiger partial charge in [-0.3, -0.25) is 4.79 Å². The number of aromatic nitrogens is 1. The highest BCUT2D eigenvalue weighted by molar-refractivity contribution is 7.13. The molecule has 1 heterocycles. The summed E-state index contributed by atoms with van der Waals surface area (Å²) >= 11 is 1.46. The predicted molar refractivity (Wildman–Crippen MR) is 54.9 cm³/mol. The molecule has 1 amide bonds. The van der Waals surface area contributed by atoms with Crippen LogP contribution in [0, 0.1) is 12.8 Å². The number of carbonyl (C=O) groups is 1. The summed E-state index contributed by atoms with van der Waals surface area (Å²) in [7, 11) is 0. The van der Waals surface area contributed by atoms with Crippen molar-refractivity contribution in [2.24, 2.45) is 5.92 Å². The van der Waals surface area contributed by atoms with Crippen LogP contribution in [0.25, 0.3) is 0 Å². The van der Waals surface area contributed by atoms with Crippen LogP contribution in [-0.4, -0.2) is 10.9 Å². The highest BCUT2D eigenvalue weighted by Crippen LogP contribution is 2.15. The Morgan fingerprint density at radius 1 is 1.69 bits per heavy atom. The Balaban J connectivity index is 2.45. The molecule has 0 saturated heterocycles. The molecule has 72 valence electrons. The maximum Gasteiger partial charge on any atom is 0.226 e. The molecule has 1 aromatic rings. The first-order valence-corrected chi connectivity index (χ1v) is 5.18. The first-order valence-electron chi connectivity index (χ1n) is 4.30. The highest BCUT2D eigenvalue weighted by Gasteiger charge is 2.06. The van der Waals surface area contributed by atoms with E-state index in [-0.39, 0.29) is 5.91 Å². The van der Waals surface area contributed by atoms with E-state index in [1.165, 1.54) is 11.3 Å². The Bertz CT molecular complexity index is 294. The number of aryl methyl sites for hydroxylation is 1. The molecule has 0 spiro atoms. The van der Waals surface area contributed by atoms with Gasteiger partial charge in [-0.15, -0.1) is 11.3 Å². The summed E-state index contributed by atoms with van der Waals surface area (Å²) in [5.41, 5.74) is 0.949. The monoisotopic (exact) mass is 198 g/mol. The summed E-state index contributed by atoms with van der Waals surface area (Å²) < 4.78 is 0. The zero-order valence-electron chi connectivity index (χ0n) is 8.13. The van der Waals surface area contributed by atoms with Crippen molar-refractivity contribution in [2.75, 3.05) is 5.32 Å². The third kappa shape index (κ3) is 3.55. The predicted octanol–water partition coefficient (Wildman–Crippen LogP) is 2.44. The lowest BCUT2D eigenvalue weighted by molar-refractivity contribution is -0.116. The summed E-state index contributed by atoms with van der Waals surface area (Å²) in [6.45, 7) is 5.95. The molecule has 0 aliphatic rings. The molecule has 0 fully saturated rings. The molecule has 4 heteroatoms. The van der Waals surface area contributed by atoms with Gasteiger partial charge in [0.1, 0.15) is 0 Å². The van der Waals surface area contributed by atoms with Gasteiger partial charge in [0.15, 0.2) is 5.13 Å². The number of anilines is 1. The number of carbonyl (C=O) groups excluding carboxylic acids is 1. The second-order valence-electron chi connectivity index (χ2n) is 3.44. The van der Waals surface area contributed by atoms with Crippen LogP contribution in [0.15, 0.2) is 5.38 Å². The molecule has 0 aliphatic heterocycles. The smallest absolute Gasteiger partial charge is 0.226 e. The average molecular weight is 198 g/mol. The van der Waals surface area contributed by atoms with E-state index < -0.39 is 0 Å². The lowest BCUT2D eigenvalue weighted by atomic mass is 10.1. The zero-order valence-corrected chi connectivity index (χ0v) is 8.94. The van der Waals surface area contributed by atoms with Gasteiger partial charge in [-0.2, -0.15) is 0 Å². The van der Waals surface area contributed by atoms with Crippen LogP contribution in [0.5, 0.6) is 0 Å². The minimum atomic E-state index is 0.0457. The number of thiazole rings is 1. The third-order valence-corrected chi connectivity index (χ3v) is 2.33. The Kier molecular flexibility index (Phi) is 3.42. The van der Waals surface area contributed by atoms with Crippen LogP contribution in [0.2, 0.25) is 0 Å². The fourth-order valence-electron chi connectivity index (χ4n) is 0.952. The topological polar surface area (TPSA) is 42.0 Å². The van der Waals surface area contributed by atoms with E-state index in [4.69, 9.17) is 0 Å². The summed E-state index contributed by atoms with van der Waals surface area (Å²) in [6.07, 6.45) is 0.554. The molecule has 0 bridgehead atoms. The number of amides is 1. The minimum absolute atomic E-state index is 0.0457. The van der Waals surface area contributed by atoms with Crippen LogP contribution in [0.4, 0.5) is 5.13 Å². The second-order valence-corrected chi connectivity index (χ2v) is 4.30. The Hall–Kier alpha value is -0.900. The van der Waals surface area contributed by atoms with Crippen LogP contribution in [-0.2, 0) is 4.79 Å². The van der Waals surface area contributed by atoms with Gasteiger partial charge in [-0.25, -0.2) is 4.98 Å². The van der Waals surface area contributed by atoms with Crippen LogP contribution < -0.4 is 5.32 Å². The number of rotatable bonds is 3. The standard InChI is InChI=1S/C9H14N2OS/c1-6(2)4-8(12)11-9-10-7(3)5-13-9/h5-6H,4H2,1-3H3,(H,10,11,12). The van der Waals surface area contributed by atoms with Crippen molar-refractivity contribution in [3.63, 3.8) is 0 Å². The maximum atomic E-state index is 11.3. The quantitative estimate of drug-likeness (QED) is 0.810. The van der Waals surface area contributed by atoms with E-state index in [9.17, 15) is 4.79 Å². The van der Waals surface area contributed by atoms with E-state index in [0.717, 1.165) is 5.69 Å². The molecule has 0 aromatic carbocycles. The molecular formula is C9H14N2OS. The van der Waals surface area contributed by atoms with Crippen LogP contribution >= 0.6 is 11.3 Å². The lowest BCUT2D eigenvalue weighted by Gasteiger charge is -2.03. The fraction of sp³-hybridized carbons (Fsp3) is 0.556. The first-order chi connectivity index (χ1) is 6.08. The maximum absolute atomic E-state index is 11.3. The number of nitrogens with one attached hydrogen (secondary N) is 1. The average Bonchev–Trinajstić information content (AvgIpc) is 2.33. The van der Waals surface area contributed by atoms with Crippen molar-refractivity contribution in [2.45, 2.75) is 27.2 Å². The van der Waals surface area contributed by atoms with Crippen molar-refractivity contribution < 1.29 is 4.79 Å². The zero-order chi connectivity index (χ0) is 9.84. The van der Waals surface area contributed by atoms with Gasteiger partial charge in [0.2, 0.25) is 5.91 Å². The van der Waals surface area contributed by atoms with Gasteiger partial charge in [0, 0.05) is 11.8 Å². The number of hydrogen-bond donors (Lipinski definition) is 1. The normalized spacial score (nSPS) is 10.5. The van der Waals surface area contributed by atoms with Gasteiger partial charge in [0.25, 0.3) is 0 Å². The number of hydrogen-bond acceptors (Lipinski definition) is 3. The largest absolute Gasteiger partial charge is 0.302 e. The molecule has 1 rings (SSSR count). The molecule has 13 heavy (non-hydrogen) atoms. The van der Waals surface area contributed by atoms with Gasteiger partial charge < -0.3 is 5.32 Å². The third-order valence-electron chi connectivity index (χ3n) is 1.46. The van der Waals surface area contributed by atoms with Gasteiger partial charge in [0.05, 0.1) is 5.69 Å². The van der Waals surface area contributed by atoms with E-state index in [2.05, 4.69) is 10.3 Å². The summed E-state index contributed by atoms with van der Waals surface area (Å²) in [6, 6.07) is 0. The fourth-order valence-corrected chi connectivity index (χ4v) is 1.66. The molecule has 0 radical (unpaired) electrons. The molecule has 0 atom stereocenters. The van der Waals surface area contributed by atoms with E-state index in [1.54, 1.807) is 0 Å². The van der Waals surface area contributed by atoms with E-state index in [1.807, 2.05) is 26.2 Å². The van der Waals surface area contributed by atoms with E-state index >= 15 is 0 Å². The highest BCUT2D eigenvalue weighted by atomic mass is 32.1. The van der Waals surface area contributed by atoms with Crippen molar-refractivity contribution in [1.29, 1.82) is 0 Å². The molecule has 0 unspecified atom stereocenters. The summed E-state index contributed by atoms with van der Waals surface area (Å²) in [4.78, 5) is 15.4. The molecular weight excluding hydrogens is 184 g/mol. The van der Waals surface area contributed by atoms with Crippen LogP contribution in [0.1, 0.15) is 26.0 Å². The van der Waals surface area contributed by atoms with Gasteiger partial charge in [-0.1, -0.05) is 13.8 Å². The number of nitrogens with zero attached hydrogens (tertiary/aromatic N) is 1. The Labute approximate surface area is 82.2 Å². The van der Waals surface area contributed by atoms with Crippen molar-refractivity contribution in [1.82, 2.24) is 4.98 Å². The van der Waals surface area contributed by atoms with Crippen molar-refractivity contribution in [3.8, 4) is 0 Å². The SMILES string of the molecule is Cc1csc(NC(=O)CC(C)C)n1. The molecule has 0 saturated carbocycles. The molecule has 3 nitrogen and oxygen atoms in total. The van der Waals surface area contributed by atoms with Crippen molar-refractivity contribution >= 4 is 22.4 Å². The van der Waals surface area contributed by atoms with Gasteiger partial charge in [-0.05, 0) is 12.8 Å². The summed E-state index contributed by atoms with van der Waals surface area (Å²) in [5, 5.41) is 5.38. The molecule has 1 aromatic heterocycles. The minimum Gasteiger partial charge on any atom is -0.302 e. The lowest BCUT2D eigenvalue weighted by Crippen LogP contribution is -2.13. The first kappa shape index (κ1) is 10.2. The van der Waals surface area contributed by atoms with E-state index in [0.29, 0.717) is 17.5 Å².